The Morgan fingerprint density at radius 1 is 1.18 bits per heavy atom. The van der Waals surface area contributed by atoms with Gasteiger partial charge in [-0.05, 0) is 51.4 Å². The normalized spacial score (nSPS) is 19.2. The number of rotatable bonds is 6. The minimum absolute atomic E-state index is 0.102. The second-order valence-corrected chi connectivity index (χ2v) is 6.43. The Balaban J connectivity index is 1.73. The maximum absolute atomic E-state index is 12.3. The lowest BCUT2D eigenvalue weighted by Crippen LogP contribution is -2.49. The molecule has 1 atom stereocenters. The van der Waals surface area contributed by atoms with E-state index in [4.69, 9.17) is 5.73 Å². The molecule has 1 aromatic rings. The Morgan fingerprint density at radius 2 is 1.82 bits per heavy atom. The van der Waals surface area contributed by atoms with Crippen LogP contribution >= 0.6 is 0 Å². The number of carbonyl (C=O) groups is 1. The van der Waals surface area contributed by atoms with Crippen LogP contribution in [-0.2, 0) is 10.3 Å². The van der Waals surface area contributed by atoms with Gasteiger partial charge in [0, 0.05) is 6.54 Å². The number of nitrogens with one attached hydrogen (secondary N) is 1. The first-order chi connectivity index (χ1) is 10.6. The molecule has 1 saturated heterocycles. The molecule has 3 N–H and O–H groups in total. The summed E-state index contributed by atoms with van der Waals surface area (Å²) in [5.41, 5.74) is 6.08. The SMILES string of the molecule is CC(N)(C(=O)NCCCN1CCCCCC1)c1ccccc1. The molecule has 1 heterocycles. The number of likely N-dealkylation sites (tertiary alicyclic amines) is 1. The van der Waals surface area contributed by atoms with Crippen LogP contribution in [-0.4, -0.2) is 37.0 Å². The third kappa shape index (κ3) is 4.82. The van der Waals surface area contributed by atoms with E-state index in [2.05, 4.69) is 10.2 Å². The quantitative estimate of drug-likeness (QED) is 0.792. The van der Waals surface area contributed by atoms with Crippen molar-refractivity contribution in [1.29, 1.82) is 0 Å². The van der Waals surface area contributed by atoms with Crippen molar-refractivity contribution in [1.82, 2.24) is 10.2 Å². The maximum Gasteiger partial charge on any atom is 0.244 e. The lowest BCUT2D eigenvalue weighted by Gasteiger charge is -2.25. The van der Waals surface area contributed by atoms with Gasteiger partial charge >= 0.3 is 0 Å². The fourth-order valence-electron chi connectivity index (χ4n) is 2.96. The smallest absolute Gasteiger partial charge is 0.244 e. The van der Waals surface area contributed by atoms with Gasteiger partial charge in [0.05, 0.1) is 0 Å². The molecule has 1 aliphatic rings. The number of carbonyl (C=O) groups excluding carboxylic acids is 1. The molecule has 2 rings (SSSR count). The Kier molecular flexibility index (Phi) is 6.40. The second kappa shape index (κ2) is 8.30. The van der Waals surface area contributed by atoms with Gasteiger partial charge in [-0.3, -0.25) is 4.79 Å². The minimum atomic E-state index is -0.968. The van der Waals surface area contributed by atoms with Gasteiger partial charge in [-0.25, -0.2) is 0 Å². The first kappa shape index (κ1) is 17.0. The predicted octanol–water partition coefficient (Wildman–Crippen LogP) is 2.24. The molecule has 1 aliphatic heterocycles. The average molecular weight is 303 g/mol. The molecular weight excluding hydrogens is 274 g/mol. The van der Waals surface area contributed by atoms with E-state index in [1.165, 1.54) is 38.8 Å². The van der Waals surface area contributed by atoms with Crippen LogP contribution in [0, 0.1) is 0 Å². The second-order valence-electron chi connectivity index (χ2n) is 6.43. The molecule has 0 aliphatic carbocycles. The van der Waals surface area contributed by atoms with Gasteiger partial charge in [0.2, 0.25) is 5.91 Å². The highest BCUT2D eigenvalue weighted by Crippen LogP contribution is 2.17. The molecule has 0 aromatic heterocycles. The van der Waals surface area contributed by atoms with E-state index in [-0.39, 0.29) is 5.91 Å². The molecule has 1 amide bonds. The molecule has 1 unspecified atom stereocenters. The van der Waals surface area contributed by atoms with Crippen LogP contribution in [0.15, 0.2) is 30.3 Å². The van der Waals surface area contributed by atoms with Crippen molar-refractivity contribution >= 4 is 5.91 Å². The van der Waals surface area contributed by atoms with Gasteiger partial charge in [-0.2, -0.15) is 0 Å². The van der Waals surface area contributed by atoms with Gasteiger partial charge in [0.1, 0.15) is 5.54 Å². The first-order valence-corrected chi connectivity index (χ1v) is 8.46. The molecule has 0 bridgehead atoms. The molecular formula is C18H29N3O. The van der Waals surface area contributed by atoms with Gasteiger partial charge in [-0.1, -0.05) is 43.2 Å². The molecule has 0 spiro atoms. The summed E-state index contributed by atoms with van der Waals surface area (Å²) >= 11 is 0. The summed E-state index contributed by atoms with van der Waals surface area (Å²) in [6.07, 6.45) is 6.31. The van der Waals surface area contributed by atoms with Crippen molar-refractivity contribution in [3.8, 4) is 0 Å². The molecule has 122 valence electrons. The number of benzene rings is 1. The number of amides is 1. The van der Waals surface area contributed by atoms with E-state index in [0.29, 0.717) is 6.54 Å². The summed E-state index contributed by atoms with van der Waals surface area (Å²) < 4.78 is 0. The van der Waals surface area contributed by atoms with Crippen molar-refractivity contribution < 1.29 is 4.79 Å². The van der Waals surface area contributed by atoms with Crippen LogP contribution in [0.3, 0.4) is 0 Å². The monoisotopic (exact) mass is 303 g/mol. The van der Waals surface area contributed by atoms with Crippen LogP contribution in [0.1, 0.15) is 44.6 Å². The minimum Gasteiger partial charge on any atom is -0.354 e. The van der Waals surface area contributed by atoms with Crippen molar-refractivity contribution in [2.24, 2.45) is 5.73 Å². The summed E-state index contributed by atoms with van der Waals surface area (Å²) in [5, 5.41) is 2.99. The fraction of sp³-hybridized carbons (Fsp3) is 0.611. The highest BCUT2D eigenvalue weighted by atomic mass is 16.2. The molecule has 0 saturated carbocycles. The highest BCUT2D eigenvalue weighted by molar-refractivity contribution is 5.86. The van der Waals surface area contributed by atoms with Crippen molar-refractivity contribution in [2.75, 3.05) is 26.2 Å². The van der Waals surface area contributed by atoms with Crippen LogP contribution < -0.4 is 11.1 Å². The largest absolute Gasteiger partial charge is 0.354 e. The summed E-state index contributed by atoms with van der Waals surface area (Å²) in [6, 6.07) is 9.55. The van der Waals surface area contributed by atoms with Crippen LogP contribution in [0.5, 0.6) is 0 Å². The zero-order valence-corrected chi connectivity index (χ0v) is 13.7. The molecule has 1 aromatic carbocycles. The molecule has 0 radical (unpaired) electrons. The Labute approximate surface area is 134 Å². The van der Waals surface area contributed by atoms with Gasteiger partial charge in [0.15, 0.2) is 0 Å². The van der Waals surface area contributed by atoms with Crippen LogP contribution in [0.4, 0.5) is 0 Å². The third-order valence-electron chi connectivity index (χ3n) is 4.48. The standard InChI is InChI=1S/C18H29N3O/c1-18(19,16-10-5-4-6-11-16)17(22)20-12-9-15-21-13-7-2-3-8-14-21/h4-6,10-11H,2-3,7-9,12-15,19H2,1H3,(H,20,22). The third-order valence-corrected chi connectivity index (χ3v) is 4.48. The molecule has 1 fully saturated rings. The van der Waals surface area contributed by atoms with E-state index in [1.807, 2.05) is 30.3 Å². The number of hydrogen-bond acceptors (Lipinski definition) is 3. The first-order valence-electron chi connectivity index (χ1n) is 8.46. The zero-order valence-electron chi connectivity index (χ0n) is 13.7. The zero-order chi connectivity index (χ0) is 15.8. The Bertz CT molecular complexity index is 451. The van der Waals surface area contributed by atoms with E-state index in [1.54, 1.807) is 6.92 Å². The average Bonchev–Trinajstić information content (AvgIpc) is 2.81. The van der Waals surface area contributed by atoms with E-state index >= 15 is 0 Å². The fourth-order valence-corrected chi connectivity index (χ4v) is 2.96. The van der Waals surface area contributed by atoms with Crippen LogP contribution in [0.2, 0.25) is 0 Å². The highest BCUT2D eigenvalue weighted by Gasteiger charge is 2.29. The number of nitrogens with zero attached hydrogens (tertiary/aromatic N) is 1. The summed E-state index contributed by atoms with van der Waals surface area (Å²) in [7, 11) is 0. The summed E-state index contributed by atoms with van der Waals surface area (Å²) in [6.45, 7) is 5.92. The maximum atomic E-state index is 12.3. The number of hydrogen-bond donors (Lipinski definition) is 2. The topological polar surface area (TPSA) is 58.4 Å². The summed E-state index contributed by atoms with van der Waals surface area (Å²) in [5.74, 6) is -0.102. The van der Waals surface area contributed by atoms with Gasteiger partial charge in [-0.15, -0.1) is 0 Å². The van der Waals surface area contributed by atoms with E-state index in [0.717, 1.165) is 18.5 Å². The van der Waals surface area contributed by atoms with Crippen molar-refractivity contribution in [3.63, 3.8) is 0 Å². The molecule has 22 heavy (non-hydrogen) atoms. The van der Waals surface area contributed by atoms with Crippen molar-refractivity contribution in [2.45, 2.75) is 44.6 Å². The predicted molar refractivity (Wildman–Crippen MR) is 90.5 cm³/mol. The van der Waals surface area contributed by atoms with Crippen molar-refractivity contribution in [3.05, 3.63) is 35.9 Å². The van der Waals surface area contributed by atoms with E-state index in [9.17, 15) is 4.79 Å². The lowest BCUT2D eigenvalue weighted by molar-refractivity contribution is -0.126. The Morgan fingerprint density at radius 3 is 2.45 bits per heavy atom. The number of nitrogens with two attached hydrogens (primary N) is 1. The lowest BCUT2D eigenvalue weighted by atomic mass is 9.92. The molecule has 4 nitrogen and oxygen atoms in total. The Hall–Kier alpha value is -1.39. The summed E-state index contributed by atoms with van der Waals surface area (Å²) in [4.78, 5) is 14.8. The van der Waals surface area contributed by atoms with E-state index < -0.39 is 5.54 Å². The van der Waals surface area contributed by atoms with Crippen LogP contribution in [0.25, 0.3) is 0 Å². The van der Waals surface area contributed by atoms with Gasteiger partial charge in [0.25, 0.3) is 0 Å². The molecule has 4 heteroatoms. The van der Waals surface area contributed by atoms with Gasteiger partial charge < -0.3 is 16.0 Å².